The molecule has 0 saturated carbocycles. The molecule has 1 aromatic heterocycles. The first-order chi connectivity index (χ1) is 8.61. The summed E-state index contributed by atoms with van der Waals surface area (Å²) < 4.78 is 0. The van der Waals surface area contributed by atoms with E-state index in [-0.39, 0.29) is 42.5 Å². The summed E-state index contributed by atoms with van der Waals surface area (Å²) in [6.07, 6.45) is 3.25. The predicted octanol–water partition coefficient (Wildman–Crippen LogP) is 1.21. The van der Waals surface area contributed by atoms with Crippen LogP contribution in [0.25, 0.3) is 0 Å². The molecule has 0 radical (unpaired) electrons. The van der Waals surface area contributed by atoms with Gasteiger partial charge in [0.25, 0.3) is 0 Å². The van der Waals surface area contributed by atoms with Crippen molar-refractivity contribution in [2.75, 3.05) is 18.9 Å². The number of hydrogen-bond acceptors (Lipinski definition) is 3. The first-order valence-electron chi connectivity index (χ1n) is 5.79. The van der Waals surface area contributed by atoms with E-state index in [4.69, 9.17) is 0 Å². The fourth-order valence-electron chi connectivity index (χ4n) is 1.27. The minimum Gasteiger partial charge on any atom is -0.354 e. The van der Waals surface area contributed by atoms with Crippen LogP contribution in [-0.2, 0) is 4.79 Å². The van der Waals surface area contributed by atoms with Gasteiger partial charge in [0.15, 0.2) is 5.96 Å². The van der Waals surface area contributed by atoms with E-state index in [0.717, 1.165) is 0 Å². The number of carbonyl (C=O) groups is 1. The minimum atomic E-state index is -0.144. The van der Waals surface area contributed by atoms with Crippen molar-refractivity contribution < 1.29 is 4.79 Å². The van der Waals surface area contributed by atoms with Gasteiger partial charge < -0.3 is 16.0 Å². The third kappa shape index (κ3) is 7.60. The molecule has 1 heterocycles. The van der Waals surface area contributed by atoms with Crippen LogP contribution >= 0.6 is 24.0 Å². The molecule has 0 fully saturated rings. The number of rotatable bonds is 4. The Morgan fingerprint density at radius 1 is 1.47 bits per heavy atom. The van der Waals surface area contributed by atoms with Crippen LogP contribution in [0.15, 0.2) is 29.5 Å². The Labute approximate surface area is 130 Å². The zero-order chi connectivity index (χ0) is 13.4. The van der Waals surface area contributed by atoms with Gasteiger partial charge in [0, 0.05) is 19.3 Å². The van der Waals surface area contributed by atoms with Crippen molar-refractivity contribution in [1.82, 2.24) is 15.6 Å². The Bertz CT molecular complexity index is 408. The van der Waals surface area contributed by atoms with Crippen molar-refractivity contribution in [1.29, 1.82) is 0 Å². The quantitative estimate of drug-likeness (QED) is 0.419. The standard InChI is InChI=1S/C12H19N5O.HI/c1-9(2)16-12(13-3)15-8-11(18)17-10-5-4-6-14-7-10;/h4-7,9H,8H2,1-3H3,(H,17,18)(H2,13,15,16);1H. The summed E-state index contributed by atoms with van der Waals surface area (Å²) >= 11 is 0. The van der Waals surface area contributed by atoms with Gasteiger partial charge in [0.2, 0.25) is 5.91 Å². The zero-order valence-electron chi connectivity index (χ0n) is 11.3. The van der Waals surface area contributed by atoms with Crippen LogP contribution in [0.1, 0.15) is 13.8 Å². The second-order valence-electron chi connectivity index (χ2n) is 4.01. The second-order valence-corrected chi connectivity index (χ2v) is 4.01. The average Bonchev–Trinajstić information content (AvgIpc) is 2.35. The molecule has 1 rings (SSSR count). The number of aliphatic imine (C=N–C) groups is 1. The number of halogens is 1. The number of nitrogens with one attached hydrogen (secondary N) is 3. The number of guanidine groups is 1. The lowest BCUT2D eigenvalue weighted by Gasteiger charge is -2.14. The summed E-state index contributed by atoms with van der Waals surface area (Å²) in [7, 11) is 1.66. The molecule has 3 N–H and O–H groups in total. The summed E-state index contributed by atoms with van der Waals surface area (Å²) in [4.78, 5) is 19.6. The van der Waals surface area contributed by atoms with E-state index in [1.807, 2.05) is 13.8 Å². The molecule has 0 aliphatic carbocycles. The molecule has 1 amide bonds. The minimum absolute atomic E-state index is 0. The summed E-state index contributed by atoms with van der Waals surface area (Å²) in [6.45, 7) is 4.16. The smallest absolute Gasteiger partial charge is 0.243 e. The van der Waals surface area contributed by atoms with Crippen LogP contribution in [0.2, 0.25) is 0 Å². The van der Waals surface area contributed by atoms with Gasteiger partial charge in [-0.15, -0.1) is 24.0 Å². The summed E-state index contributed by atoms with van der Waals surface area (Å²) in [5.74, 6) is 0.459. The number of amides is 1. The molecule has 0 unspecified atom stereocenters. The van der Waals surface area contributed by atoms with Crippen molar-refractivity contribution in [3.8, 4) is 0 Å². The molecule has 7 heteroatoms. The third-order valence-corrected chi connectivity index (χ3v) is 2.01. The molecule has 0 spiro atoms. The molecular weight excluding hydrogens is 357 g/mol. The maximum absolute atomic E-state index is 11.6. The second kappa shape index (κ2) is 9.54. The first kappa shape index (κ1) is 17.6. The van der Waals surface area contributed by atoms with E-state index in [0.29, 0.717) is 11.6 Å². The molecular formula is C12H20IN5O. The van der Waals surface area contributed by atoms with Crippen molar-refractivity contribution >= 4 is 41.5 Å². The van der Waals surface area contributed by atoms with Gasteiger partial charge in [0.1, 0.15) is 0 Å². The van der Waals surface area contributed by atoms with Crippen molar-refractivity contribution in [3.63, 3.8) is 0 Å². The summed E-state index contributed by atoms with van der Waals surface area (Å²) in [5, 5.41) is 8.75. The van der Waals surface area contributed by atoms with Gasteiger partial charge in [0.05, 0.1) is 18.4 Å². The largest absolute Gasteiger partial charge is 0.354 e. The van der Waals surface area contributed by atoms with E-state index >= 15 is 0 Å². The van der Waals surface area contributed by atoms with Crippen LogP contribution < -0.4 is 16.0 Å². The molecule has 1 aromatic rings. The van der Waals surface area contributed by atoms with Gasteiger partial charge in [-0.1, -0.05) is 0 Å². The SMILES string of the molecule is CN=C(NCC(=O)Nc1cccnc1)NC(C)C.I. The van der Waals surface area contributed by atoms with E-state index < -0.39 is 0 Å². The number of carbonyl (C=O) groups excluding carboxylic acids is 1. The predicted molar refractivity (Wildman–Crippen MR) is 87.9 cm³/mol. The normalized spacial score (nSPS) is 10.6. The molecule has 0 aliphatic rings. The summed E-state index contributed by atoms with van der Waals surface area (Å²) in [6, 6.07) is 3.81. The van der Waals surface area contributed by atoms with E-state index in [1.165, 1.54) is 0 Å². The fourth-order valence-corrected chi connectivity index (χ4v) is 1.27. The lowest BCUT2D eigenvalue weighted by Crippen LogP contribution is -2.44. The lowest BCUT2D eigenvalue weighted by atomic mass is 10.4. The van der Waals surface area contributed by atoms with Crippen LogP contribution in [0, 0.1) is 0 Å². The molecule has 6 nitrogen and oxygen atoms in total. The van der Waals surface area contributed by atoms with Crippen LogP contribution in [-0.4, -0.2) is 36.5 Å². The monoisotopic (exact) mass is 377 g/mol. The maximum Gasteiger partial charge on any atom is 0.243 e. The third-order valence-electron chi connectivity index (χ3n) is 2.01. The van der Waals surface area contributed by atoms with Gasteiger partial charge >= 0.3 is 0 Å². The van der Waals surface area contributed by atoms with E-state index in [9.17, 15) is 4.79 Å². The van der Waals surface area contributed by atoms with Crippen molar-refractivity contribution in [2.24, 2.45) is 4.99 Å². The molecule has 0 atom stereocenters. The zero-order valence-corrected chi connectivity index (χ0v) is 13.6. The van der Waals surface area contributed by atoms with Gasteiger partial charge in [-0.25, -0.2) is 0 Å². The Morgan fingerprint density at radius 3 is 2.74 bits per heavy atom. The molecule has 106 valence electrons. The molecule has 0 aromatic carbocycles. The number of aromatic nitrogens is 1. The molecule has 0 saturated heterocycles. The maximum atomic E-state index is 11.6. The topological polar surface area (TPSA) is 78.4 Å². The van der Waals surface area contributed by atoms with Gasteiger partial charge in [-0.05, 0) is 26.0 Å². The highest BCUT2D eigenvalue weighted by molar-refractivity contribution is 14.0. The Hall–Kier alpha value is -1.38. The van der Waals surface area contributed by atoms with Gasteiger partial charge in [-0.3, -0.25) is 14.8 Å². The Kier molecular flexibility index (Phi) is 8.84. The van der Waals surface area contributed by atoms with E-state index in [1.54, 1.807) is 31.6 Å². The number of anilines is 1. The lowest BCUT2D eigenvalue weighted by molar-refractivity contribution is -0.115. The van der Waals surface area contributed by atoms with Crippen LogP contribution in [0.5, 0.6) is 0 Å². The highest BCUT2D eigenvalue weighted by Crippen LogP contribution is 2.01. The Balaban J connectivity index is 0.00000324. The fraction of sp³-hybridized carbons (Fsp3) is 0.417. The Morgan fingerprint density at radius 2 is 2.21 bits per heavy atom. The van der Waals surface area contributed by atoms with Crippen molar-refractivity contribution in [2.45, 2.75) is 19.9 Å². The number of pyridine rings is 1. The molecule has 0 aliphatic heterocycles. The highest BCUT2D eigenvalue weighted by atomic mass is 127. The molecule has 0 bridgehead atoms. The molecule has 19 heavy (non-hydrogen) atoms. The van der Waals surface area contributed by atoms with Crippen molar-refractivity contribution in [3.05, 3.63) is 24.5 Å². The van der Waals surface area contributed by atoms with Crippen LogP contribution in [0.4, 0.5) is 5.69 Å². The van der Waals surface area contributed by atoms with Gasteiger partial charge in [-0.2, -0.15) is 0 Å². The van der Waals surface area contributed by atoms with E-state index in [2.05, 4.69) is 25.9 Å². The summed E-state index contributed by atoms with van der Waals surface area (Å²) in [5.41, 5.74) is 0.677. The average molecular weight is 377 g/mol. The number of hydrogen-bond donors (Lipinski definition) is 3. The van der Waals surface area contributed by atoms with Crippen LogP contribution in [0.3, 0.4) is 0 Å². The first-order valence-corrected chi connectivity index (χ1v) is 5.79. The highest BCUT2D eigenvalue weighted by Gasteiger charge is 2.04. The number of nitrogens with zero attached hydrogens (tertiary/aromatic N) is 2.